The molecule has 2 heterocycles. The summed E-state index contributed by atoms with van der Waals surface area (Å²) in [5, 5.41) is 1.41. The molecule has 0 unspecified atom stereocenters. The Kier molecular flexibility index (Phi) is 6.69. The van der Waals surface area contributed by atoms with Gasteiger partial charge in [-0.05, 0) is 48.0 Å². The molecule has 0 spiro atoms. The van der Waals surface area contributed by atoms with Crippen molar-refractivity contribution in [2.24, 2.45) is 0 Å². The first-order valence-corrected chi connectivity index (χ1v) is 13.2. The number of carbonyl (C=O) groups excluding carboxylic acids is 1. The number of ether oxygens (including phenoxy) is 1. The van der Waals surface area contributed by atoms with Crippen molar-refractivity contribution in [3.8, 4) is 17.0 Å². The summed E-state index contributed by atoms with van der Waals surface area (Å²) in [5.74, 6) is -0.235. The van der Waals surface area contributed by atoms with E-state index in [1.54, 1.807) is 37.4 Å². The van der Waals surface area contributed by atoms with Gasteiger partial charge in [-0.3, -0.25) is 4.79 Å². The number of nitrogens with one attached hydrogen (secondary N) is 1. The molecule has 5 rings (SSSR count). The Morgan fingerprint density at radius 2 is 1.65 bits per heavy atom. The standard InChI is InChI=1S/C28H22ClN3O4S/c1-36-27-16-20-15-25(19-9-4-2-5-10-19)32(26(20)17-23(27)29)18-21-11-8-14-24(30-21)28(33)31-37(34,35)22-12-6-3-7-13-22/h2-17H,18H2,1H3,(H,31,33). The number of hydrogen-bond donors (Lipinski definition) is 1. The number of methoxy groups -OCH3 is 1. The third-order valence-electron chi connectivity index (χ3n) is 5.88. The van der Waals surface area contributed by atoms with Crippen LogP contribution in [-0.4, -0.2) is 31.0 Å². The number of rotatable bonds is 7. The first-order valence-electron chi connectivity index (χ1n) is 11.4. The fraction of sp³-hybridized carbons (Fsp3) is 0.0714. The van der Waals surface area contributed by atoms with E-state index in [0.717, 1.165) is 22.2 Å². The summed E-state index contributed by atoms with van der Waals surface area (Å²) in [6.07, 6.45) is 0. The van der Waals surface area contributed by atoms with E-state index < -0.39 is 15.9 Å². The van der Waals surface area contributed by atoms with Gasteiger partial charge in [-0.25, -0.2) is 18.1 Å². The number of sulfonamides is 1. The molecule has 186 valence electrons. The van der Waals surface area contributed by atoms with Crippen LogP contribution in [0.3, 0.4) is 0 Å². The SMILES string of the molecule is COc1cc2cc(-c3ccccc3)n(Cc3cccc(C(=O)NS(=O)(=O)c4ccccc4)n3)c2cc1Cl. The van der Waals surface area contributed by atoms with E-state index in [9.17, 15) is 13.2 Å². The van der Waals surface area contributed by atoms with E-state index in [0.29, 0.717) is 23.0 Å². The maximum absolute atomic E-state index is 12.8. The van der Waals surface area contributed by atoms with E-state index >= 15 is 0 Å². The van der Waals surface area contributed by atoms with Crippen LogP contribution in [-0.2, 0) is 16.6 Å². The summed E-state index contributed by atoms with van der Waals surface area (Å²) in [4.78, 5) is 17.3. The van der Waals surface area contributed by atoms with E-state index in [1.165, 1.54) is 18.2 Å². The molecule has 9 heteroatoms. The summed E-state index contributed by atoms with van der Waals surface area (Å²) in [6, 6.07) is 28.3. The minimum Gasteiger partial charge on any atom is -0.495 e. The Labute approximate surface area is 219 Å². The highest BCUT2D eigenvalue weighted by molar-refractivity contribution is 7.90. The lowest BCUT2D eigenvalue weighted by molar-refractivity contribution is 0.0976. The Hall–Kier alpha value is -4.14. The first-order chi connectivity index (χ1) is 17.9. The molecule has 0 fully saturated rings. The average molecular weight is 532 g/mol. The van der Waals surface area contributed by atoms with Crippen LogP contribution in [0.25, 0.3) is 22.2 Å². The molecular formula is C28H22ClN3O4S. The maximum Gasteiger partial charge on any atom is 0.283 e. The Balaban J connectivity index is 1.51. The number of hydrogen-bond acceptors (Lipinski definition) is 5. The van der Waals surface area contributed by atoms with Crippen molar-refractivity contribution >= 4 is 38.4 Å². The van der Waals surface area contributed by atoms with Gasteiger partial charge in [0.2, 0.25) is 0 Å². The molecule has 1 amide bonds. The number of fused-ring (bicyclic) bond motifs is 1. The minimum absolute atomic E-state index is 0.00174. The molecular weight excluding hydrogens is 510 g/mol. The molecule has 7 nitrogen and oxygen atoms in total. The van der Waals surface area contributed by atoms with Gasteiger partial charge in [-0.1, -0.05) is 66.2 Å². The maximum atomic E-state index is 12.8. The molecule has 0 bridgehead atoms. The number of nitrogens with zero attached hydrogens (tertiary/aromatic N) is 2. The quantitative estimate of drug-likeness (QED) is 0.298. The summed E-state index contributed by atoms with van der Waals surface area (Å²) < 4.78 is 34.7. The van der Waals surface area contributed by atoms with E-state index in [1.807, 2.05) is 48.5 Å². The number of benzene rings is 3. The first kappa shape index (κ1) is 24.5. The molecule has 0 saturated heterocycles. The molecule has 0 aliphatic heterocycles. The van der Waals surface area contributed by atoms with Gasteiger partial charge in [0.15, 0.2) is 0 Å². The second-order valence-electron chi connectivity index (χ2n) is 8.29. The molecule has 1 N–H and O–H groups in total. The minimum atomic E-state index is -4.02. The molecule has 3 aromatic carbocycles. The fourth-order valence-electron chi connectivity index (χ4n) is 4.13. The van der Waals surface area contributed by atoms with Gasteiger partial charge in [0.1, 0.15) is 11.4 Å². The molecule has 2 aromatic heterocycles. The molecule has 0 atom stereocenters. The fourth-order valence-corrected chi connectivity index (χ4v) is 5.34. The van der Waals surface area contributed by atoms with Crippen LogP contribution >= 0.6 is 11.6 Å². The third-order valence-corrected chi connectivity index (χ3v) is 7.53. The summed E-state index contributed by atoms with van der Waals surface area (Å²) >= 11 is 6.45. The Morgan fingerprint density at radius 1 is 0.946 bits per heavy atom. The molecule has 37 heavy (non-hydrogen) atoms. The summed E-state index contributed by atoms with van der Waals surface area (Å²) in [6.45, 7) is 0.322. The Bertz CT molecular complexity index is 1700. The average Bonchev–Trinajstić information content (AvgIpc) is 3.26. The van der Waals surface area contributed by atoms with Gasteiger partial charge in [0.25, 0.3) is 15.9 Å². The number of carbonyl (C=O) groups is 1. The van der Waals surface area contributed by atoms with Crippen LogP contribution in [0.15, 0.2) is 102 Å². The van der Waals surface area contributed by atoms with E-state index in [2.05, 4.69) is 14.3 Å². The van der Waals surface area contributed by atoms with E-state index in [-0.39, 0.29) is 10.6 Å². The largest absolute Gasteiger partial charge is 0.495 e. The van der Waals surface area contributed by atoms with Crippen molar-refractivity contribution in [3.63, 3.8) is 0 Å². The van der Waals surface area contributed by atoms with Crippen LogP contribution in [0.4, 0.5) is 0 Å². The third kappa shape index (κ3) is 5.07. The molecule has 5 aromatic rings. The van der Waals surface area contributed by atoms with Crippen LogP contribution in [0.5, 0.6) is 5.75 Å². The zero-order valence-electron chi connectivity index (χ0n) is 19.8. The second-order valence-corrected chi connectivity index (χ2v) is 10.4. The number of amides is 1. The predicted octanol–water partition coefficient (Wildman–Crippen LogP) is 5.53. The lowest BCUT2D eigenvalue weighted by Crippen LogP contribution is -2.31. The number of halogens is 1. The highest BCUT2D eigenvalue weighted by Crippen LogP contribution is 2.35. The van der Waals surface area contributed by atoms with Crippen LogP contribution in [0, 0.1) is 0 Å². The zero-order chi connectivity index (χ0) is 26.0. The van der Waals surface area contributed by atoms with Crippen LogP contribution < -0.4 is 9.46 Å². The van der Waals surface area contributed by atoms with Crippen molar-refractivity contribution in [2.45, 2.75) is 11.4 Å². The monoisotopic (exact) mass is 531 g/mol. The smallest absolute Gasteiger partial charge is 0.283 e. The van der Waals surface area contributed by atoms with Gasteiger partial charge in [-0.15, -0.1) is 0 Å². The van der Waals surface area contributed by atoms with Gasteiger partial charge in [-0.2, -0.15) is 0 Å². The van der Waals surface area contributed by atoms with Gasteiger partial charge < -0.3 is 9.30 Å². The van der Waals surface area contributed by atoms with Crippen molar-refractivity contribution < 1.29 is 17.9 Å². The van der Waals surface area contributed by atoms with Gasteiger partial charge >= 0.3 is 0 Å². The predicted molar refractivity (Wildman–Crippen MR) is 143 cm³/mol. The van der Waals surface area contributed by atoms with Crippen LogP contribution in [0.1, 0.15) is 16.2 Å². The number of aromatic nitrogens is 2. The number of pyridine rings is 1. The van der Waals surface area contributed by atoms with Crippen molar-refractivity contribution in [3.05, 3.63) is 113 Å². The molecule has 0 saturated carbocycles. The lowest BCUT2D eigenvalue weighted by Gasteiger charge is -2.13. The Morgan fingerprint density at radius 3 is 2.35 bits per heavy atom. The van der Waals surface area contributed by atoms with Crippen LogP contribution in [0.2, 0.25) is 5.02 Å². The van der Waals surface area contributed by atoms with E-state index in [4.69, 9.17) is 16.3 Å². The summed E-state index contributed by atoms with van der Waals surface area (Å²) in [7, 11) is -2.45. The zero-order valence-corrected chi connectivity index (χ0v) is 21.3. The highest BCUT2D eigenvalue weighted by atomic mass is 35.5. The van der Waals surface area contributed by atoms with Gasteiger partial charge in [0, 0.05) is 11.1 Å². The highest BCUT2D eigenvalue weighted by Gasteiger charge is 2.20. The van der Waals surface area contributed by atoms with Gasteiger partial charge in [0.05, 0.1) is 34.8 Å². The van der Waals surface area contributed by atoms with Crippen molar-refractivity contribution in [1.82, 2.24) is 14.3 Å². The second kappa shape index (κ2) is 10.1. The molecule has 0 aliphatic carbocycles. The van der Waals surface area contributed by atoms with Crippen molar-refractivity contribution in [1.29, 1.82) is 0 Å². The summed E-state index contributed by atoms with van der Waals surface area (Å²) in [5.41, 5.74) is 3.37. The van der Waals surface area contributed by atoms with Crippen molar-refractivity contribution in [2.75, 3.05) is 7.11 Å². The topological polar surface area (TPSA) is 90.3 Å². The lowest BCUT2D eigenvalue weighted by atomic mass is 10.1. The molecule has 0 aliphatic rings. The molecule has 0 radical (unpaired) electrons. The normalized spacial score (nSPS) is 11.4.